The van der Waals surface area contributed by atoms with E-state index in [9.17, 15) is 4.39 Å². The largest absolute Gasteiger partial charge is 0.385 e. The smallest absolute Gasteiger partial charge is 0.137 e. The molecule has 1 aromatic rings. The molecule has 1 rings (SSSR count). The fourth-order valence-corrected chi connectivity index (χ4v) is 2.46. The molecule has 0 saturated carbocycles. The van der Waals surface area contributed by atoms with Crippen LogP contribution in [0.5, 0.6) is 0 Å². The van der Waals surface area contributed by atoms with Crippen LogP contribution in [0, 0.1) is 5.82 Å². The maximum Gasteiger partial charge on any atom is 0.137 e. The molecule has 0 spiro atoms. The lowest BCUT2D eigenvalue weighted by molar-refractivity contribution is 0.200. The second kappa shape index (κ2) is 8.51. The van der Waals surface area contributed by atoms with Crippen LogP contribution in [0.15, 0.2) is 23.1 Å². The summed E-state index contributed by atoms with van der Waals surface area (Å²) in [4.78, 5) is 0.708. The molecule has 1 atom stereocenters. The molecule has 102 valence electrons. The number of hydrogen-bond acceptors (Lipinski definition) is 3. The van der Waals surface area contributed by atoms with Crippen molar-refractivity contribution >= 4 is 11.8 Å². The third kappa shape index (κ3) is 5.38. The summed E-state index contributed by atoms with van der Waals surface area (Å²) in [5, 5.41) is 0. The van der Waals surface area contributed by atoms with Gasteiger partial charge < -0.3 is 10.5 Å². The summed E-state index contributed by atoms with van der Waals surface area (Å²) in [7, 11) is 1.68. The van der Waals surface area contributed by atoms with Gasteiger partial charge in [0, 0.05) is 30.4 Å². The maximum atomic E-state index is 13.8. The van der Waals surface area contributed by atoms with Gasteiger partial charge in [0.05, 0.1) is 0 Å². The van der Waals surface area contributed by atoms with Gasteiger partial charge in [0.15, 0.2) is 0 Å². The molecule has 18 heavy (non-hydrogen) atoms. The van der Waals surface area contributed by atoms with E-state index in [-0.39, 0.29) is 11.9 Å². The highest BCUT2D eigenvalue weighted by molar-refractivity contribution is 7.99. The lowest BCUT2D eigenvalue weighted by Crippen LogP contribution is -2.21. The molecule has 0 aliphatic carbocycles. The minimum atomic E-state index is -0.141. The summed E-state index contributed by atoms with van der Waals surface area (Å²) in [6.45, 7) is 2.76. The number of halogens is 1. The number of ether oxygens (including phenoxy) is 1. The zero-order valence-electron chi connectivity index (χ0n) is 11.1. The molecule has 0 radical (unpaired) electrons. The van der Waals surface area contributed by atoms with E-state index in [4.69, 9.17) is 10.5 Å². The van der Waals surface area contributed by atoms with Gasteiger partial charge in [-0.05, 0) is 37.0 Å². The molecule has 0 aliphatic rings. The standard InChI is InChI=1S/C14H22FNOS/c1-3-12(16)9-11-5-6-14(13(15)10-11)18-8-4-7-17-2/h5-6,10,12H,3-4,7-9,16H2,1-2H3. The summed E-state index contributed by atoms with van der Waals surface area (Å²) < 4.78 is 18.8. The van der Waals surface area contributed by atoms with E-state index in [1.807, 2.05) is 19.1 Å². The fourth-order valence-electron chi connectivity index (χ4n) is 1.62. The van der Waals surface area contributed by atoms with E-state index in [0.29, 0.717) is 4.90 Å². The Kier molecular flexibility index (Phi) is 7.32. The molecular weight excluding hydrogens is 249 g/mol. The van der Waals surface area contributed by atoms with E-state index in [1.165, 1.54) is 11.8 Å². The highest BCUT2D eigenvalue weighted by atomic mass is 32.2. The van der Waals surface area contributed by atoms with Crippen molar-refractivity contribution in [2.45, 2.75) is 37.1 Å². The molecule has 0 amide bonds. The molecule has 2 nitrogen and oxygen atoms in total. The first-order valence-electron chi connectivity index (χ1n) is 6.33. The van der Waals surface area contributed by atoms with E-state index in [1.54, 1.807) is 13.2 Å². The first kappa shape index (κ1) is 15.5. The van der Waals surface area contributed by atoms with Crippen molar-refractivity contribution in [3.8, 4) is 0 Å². The Hall–Kier alpha value is -0.580. The topological polar surface area (TPSA) is 35.2 Å². The highest BCUT2D eigenvalue weighted by Gasteiger charge is 2.06. The van der Waals surface area contributed by atoms with Crippen LogP contribution in [-0.4, -0.2) is 25.5 Å². The Labute approximate surface area is 113 Å². The van der Waals surface area contributed by atoms with Crippen LogP contribution in [0.3, 0.4) is 0 Å². The van der Waals surface area contributed by atoms with Crippen LogP contribution in [0.4, 0.5) is 4.39 Å². The van der Waals surface area contributed by atoms with E-state index >= 15 is 0 Å². The monoisotopic (exact) mass is 271 g/mol. The molecule has 4 heteroatoms. The third-order valence-corrected chi connectivity index (χ3v) is 3.90. The van der Waals surface area contributed by atoms with Crippen molar-refractivity contribution < 1.29 is 9.13 Å². The minimum absolute atomic E-state index is 0.115. The van der Waals surface area contributed by atoms with Gasteiger partial charge in [-0.3, -0.25) is 0 Å². The predicted octanol–water partition coefficient (Wildman–Crippen LogP) is 3.23. The average molecular weight is 271 g/mol. The molecular formula is C14H22FNOS. The van der Waals surface area contributed by atoms with Crippen molar-refractivity contribution in [3.63, 3.8) is 0 Å². The van der Waals surface area contributed by atoms with Crippen molar-refractivity contribution in [1.82, 2.24) is 0 Å². The first-order chi connectivity index (χ1) is 8.67. The van der Waals surface area contributed by atoms with Crippen molar-refractivity contribution in [2.75, 3.05) is 19.5 Å². The lowest BCUT2D eigenvalue weighted by atomic mass is 10.0. The number of nitrogens with two attached hydrogens (primary N) is 1. The predicted molar refractivity (Wildman–Crippen MR) is 75.6 cm³/mol. The Balaban J connectivity index is 2.51. The number of hydrogen-bond donors (Lipinski definition) is 1. The fraction of sp³-hybridized carbons (Fsp3) is 0.571. The normalized spacial score (nSPS) is 12.7. The van der Waals surface area contributed by atoms with Crippen LogP contribution in [0.25, 0.3) is 0 Å². The molecule has 0 aliphatic heterocycles. The van der Waals surface area contributed by atoms with Crippen molar-refractivity contribution in [1.29, 1.82) is 0 Å². The molecule has 0 aromatic heterocycles. The molecule has 0 heterocycles. The maximum absolute atomic E-state index is 13.8. The first-order valence-corrected chi connectivity index (χ1v) is 7.31. The van der Waals surface area contributed by atoms with Crippen LogP contribution < -0.4 is 5.73 Å². The Morgan fingerprint density at radius 1 is 1.44 bits per heavy atom. The molecule has 1 aromatic carbocycles. The number of rotatable bonds is 8. The second-order valence-corrected chi connectivity index (χ2v) is 5.47. The van der Waals surface area contributed by atoms with Gasteiger partial charge in [-0.15, -0.1) is 11.8 Å². The van der Waals surface area contributed by atoms with E-state index in [0.717, 1.165) is 37.2 Å². The molecule has 0 bridgehead atoms. The van der Waals surface area contributed by atoms with E-state index in [2.05, 4.69) is 0 Å². The highest BCUT2D eigenvalue weighted by Crippen LogP contribution is 2.23. The van der Waals surface area contributed by atoms with Gasteiger partial charge in [-0.2, -0.15) is 0 Å². The second-order valence-electron chi connectivity index (χ2n) is 4.33. The zero-order valence-corrected chi connectivity index (χ0v) is 11.9. The average Bonchev–Trinajstić information content (AvgIpc) is 2.36. The van der Waals surface area contributed by atoms with Crippen LogP contribution in [0.1, 0.15) is 25.3 Å². The zero-order chi connectivity index (χ0) is 13.4. The number of methoxy groups -OCH3 is 1. The lowest BCUT2D eigenvalue weighted by Gasteiger charge is -2.10. The Morgan fingerprint density at radius 2 is 2.22 bits per heavy atom. The van der Waals surface area contributed by atoms with Crippen LogP contribution in [-0.2, 0) is 11.2 Å². The summed E-state index contributed by atoms with van der Waals surface area (Å²) in [6.07, 6.45) is 2.58. The van der Waals surface area contributed by atoms with Gasteiger partial charge in [0.25, 0.3) is 0 Å². The third-order valence-electron chi connectivity index (χ3n) is 2.77. The molecule has 2 N–H and O–H groups in total. The Morgan fingerprint density at radius 3 is 2.83 bits per heavy atom. The molecule has 0 fully saturated rings. The quantitative estimate of drug-likeness (QED) is 0.582. The van der Waals surface area contributed by atoms with Crippen LogP contribution in [0.2, 0.25) is 0 Å². The van der Waals surface area contributed by atoms with Crippen molar-refractivity contribution in [2.24, 2.45) is 5.73 Å². The van der Waals surface area contributed by atoms with Crippen molar-refractivity contribution in [3.05, 3.63) is 29.6 Å². The molecule has 0 saturated heterocycles. The summed E-state index contributed by atoms with van der Waals surface area (Å²) in [5.41, 5.74) is 6.84. The number of thioether (sulfide) groups is 1. The van der Waals surface area contributed by atoms with Gasteiger partial charge in [-0.25, -0.2) is 4.39 Å². The summed E-state index contributed by atoms with van der Waals surface area (Å²) in [5.74, 6) is 0.733. The van der Waals surface area contributed by atoms with Gasteiger partial charge >= 0.3 is 0 Å². The van der Waals surface area contributed by atoms with Gasteiger partial charge in [0.2, 0.25) is 0 Å². The van der Waals surface area contributed by atoms with Gasteiger partial charge in [-0.1, -0.05) is 13.0 Å². The summed E-state index contributed by atoms with van der Waals surface area (Å²) >= 11 is 1.53. The minimum Gasteiger partial charge on any atom is -0.385 e. The van der Waals surface area contributed by atoms with Crippen LogP contribution >= 0.6 is 11.8 Å². The SMILES string of the molecule is CCC(N)Cc1ccc(SCCCOC)c(F)c1. The van der Waals surface area contributed by atoms with E-state index < -0.39 is 0 Å². The number of benzene rings is 1. The molecule has 1 unspecified atom stereocenters. The Bertz CT molecular complexity index is 360. The van der Waals surface area contributed by atoms with Gasteiger partial charge in [0.1, 0.15) is 5.82 Å². The summed E-state index contributed by atoms with van der Waals surface area (Å²) in [6, 6.07) is 5.54.